The number of thiophene rings is 1. The number of fused-ring (bicyclic) bond motifs is 1. The Morgan fingerprint density at radius 2 is 2.19 bits per heavy atom. The summed E-state index contributed by atoms with van der Waals surface area (Å²) in [6.07, 6.45) is 2.20. The summed E-state index contributed by atoms with van der Waals surface area (Å²) < 4.78 is 6.38. The lowest BCUT2D eigenvalue weighted by Crippen LogP contribution is -2.34. The quantitative estimate of drug-likeness (QED) is 0.642. The van der Waals surface area contributed by atoms with Gasteiger partial charge in [0, 0.05) is 25.6 Å². The Balaban J connectivity index is 1.73. The molecule has 0 bridgehead atoms. The molecule has 1 amide bonds. The molecule has 3 aromatic rings. The molecule has 2 aromatic heterocycles. The van der Waals surface area contributed by atoms with Crippen molar-refractivity contribution in [1.29, 1.82) is 0 Å². The van der Waals surface area contributed by atoms with Gasteiger partial charge in [0.1, 0.15) is 0 Å². The number of carbonyl (C=O) groups excluding carboxylic acids is 1. The Hall–Kier alpha value is -1.95. The molecule has 4 nitrogen and oxygen atoms in total. The third-order valence-electron chi connectivity index (χ3n) is 4.62. The lowest BCUT2D eigenvalue weighted by atomic mass is 10.1. The summed E-state index contributed by atoms with van der Waals surface area (Å²) in [5.41, 5.74) is 2.24. The SMILES string of the molecule is CN(CC1CCCO1)C(=O)c1cc(-c2ccc(Cl)s2)nc2ccccc12. The summed E-state index contributed by atoms with van der Waals surface area (Å²) in [5.74, 6) is -0.0111. The second kappa shape index (κ2) is 7.35. The van der Waals surface area contributed by atoms with Gasteiger partial charge in [-0.15, -0.1) is 11.3 Å². The van der Waals surface area contributed by atoms with Gasteiger partial charge in [-0.2, -0.15) is 0 Å². The number of halogens is 1. The van der Waals surface area contributed by atoms with Crippen LogP contribution in [0.3, 0.4) is 0 Å². The fourth-order valence-electron chi connectivity index (χ4n) is 3.31. The summed E-state index contributed by atoms with van der Waals surface area (Å²) in [5, 5.41) is 0.864. The minimum Gasteiger partial charge on any atom is -0.376 e. The largest absolute Gasteiger partial charge is 0.376 e. The number of hydrogen-bond donors (Lipinski definition) is 0. The van der Waals surface area contributed by atoms with E-state index in [0.29, 0.717) is 16.4 Å². The summed E-state index contributed by atoms with van der Waals surface area (Å²) in [6, 6.07) is 13.4. The highest BCUT2D eigenvalue weighted by molar-refractivity contribution is 7.19. The standard InChI is InChI=1S/C20H19ClN2O2S/c1-23(12-13-5-4-10-25-13)20(24)15-11-17(18-8-9-19(21)26-18)22-16-7-3-2-6-14(15)16/h2-3,6-9,11,13H,4-5,10,12H2,1H3. The van der Waals surface area contributed by atoms with E-state index in [1.54, 1.807) is 4.90 Å². The lowest BCUT2D eigenvalue weighted by molar-refractivity contribution is 0.0588. The minimum atomic E-state index is -0.0111. The van der Waals surface area contributed by atoms with Crippen molar-refractivity contribution in [3.8, 4) is 10.6 Å². The molecule has 3 heterocycles. The van der Waals surface area contributed by atoms with Crippen LogP contribution in [0, 0.1) is 0 Å². The highest BCUT2D eigenvalue weighted by atomic mass is 35.5. The Morgan fingerprint density at radius 3 is 2.92 bits per heavy atom. The van der Waals surface area contributed by atoms with E-state index in [-0.39, 0.29) is 12.0 Å². The van der Waals surface area contributed by atoms with Crippen molar-refractivity contribution in [1.82, 2.24) is 9.88 Å². The van der Waals surface area contributed by atoms with Crippen molar-refractivity contribution < 1.29 is 9.53 Å². The number of amides is 1. The first-order valence-electron chi connectivity index (χ1n) is 8.64. The van der Waals surface area contributed by atoms with E-state index in [1.165, 1.54) is 11.3 Å². The number of para-hydroxylation sites is 1. The van der Waals surface area contributed by atoms with Crippen LogP contribution in [0.1, 0.15) is 23.2 Å². The van der Waals surface area contributed by atoms with Crippen molar-refractivity contribution >= 4 is 39.7 Å². The summed E-state index contributed by atoms with van der Waals surface area (Å²) in [7, 11) is 1.83. The summed E-state index contributed by atoms with van der Waals surface area (Å²) >= 11 is 7.54. The number of ether oxygens (including phenoxy) is 1. The molecular weight excluding hydrogens is 368 g/mol. The predicted molar refractivity (Wildman–Crippen MR) is 106 cm³/mol. The highest BCUT2D eigenvalue weighted by Gasteiger charge is 2.23. The van der Waals surface area contributed by atoms with E-state index in [9.17, 15) is 4.79 Å². The van der Waals surface area contributed by atoms with Gasteiger partial charge in [0.25, 0.3) is 5.91 Å². The first-order valence-corrected chi connectivity index (χ1v) is 9.84. The molecule has 0 spiro atoms. The van der Waals surface area contributed by atoms with Crippen LogP contribution in [-0.4, -0.2) is 42.1 Å². The first kappa shape index (κ1) is 17.5. The van der Waals surface area contributed by atoms with E-state index in [2.05, 4.69) is 0 Å². The molecule has 26 heavy (non-hydrogen) atoms. The van der Waals surface area contributed by atoms with Gasteiger partial charge in [-0.25, -0.2) is 4.98 Å². The second-order valence-electron chi connectivity index (χ2n) is 6.50. The van der Waals surface area contributed by atoms with Crippen LogP contribution >= 0.6 is 22.9 Å². The first-order chi connectivity index (χ1) is 12.6. The third-order valence-corrected chi connectivity index (χ3v) is 5.87. The topological polar surface area (TPSA) is 42.4 Å². The van der Waals surface area contributed by atoms with Gasteiger partial charge >= 0.3 is 0 Å². The molecule has 0 saturated carbocycles. The second-order valence-corrected chi connectivity index (χ2v) is 8.21. The van der Waals surface area contributed by atoms with Crippen LogP contribution in [0.4, 0.5) is 0 Å². The van der Waals surface area contributed by atoms with Crippen molar-refractivity contribution in [3.05, 3.63) is 52.4 Å². The van der Waals surface area contributed by atoms with Gasteiger partial charge in [-0.1, -0.05) is 29.8 Å². The molecule has 1 aliphatic heterocycles. The number of hydrogen-bond acceptors (Lipinski definition) is 4. The van der Waals surface area contributed by atoms with Crippen LogP contribution in [0.2, 0.25) is 4.34 Å². The maximum atomic E-state index is 13.2. The summed E-state index contributed by atoms with van der Waals surface area (Å²) in [6.45, 7) is 1.39. The number of benzene rings is 1. The van der Waals surface area contributed by atoms with Gasteiger partial charge in [0.05, 0.1) is 32.1 Å². The molecule has 1 aromatic carbocycles. The molecule has 0 radical (unpaired) electrons. The van der Waals surface area contributed by atoms with Crippen LogP contribution in [-0.2, 0) is 4.74 Å². The molecule has 0 aliphatic carbocycles. The van der Waals surface area contributed by atoms with Crippen LogP contribution in [0.25, 0.3) is 21.5 Å². The number of pyridine rings is 1. The zero-order valence-electron chi connectivity index (χ0n) is 14.4. The molecule has 1 fully saturated rings. The van der Waals surface area contributed by atoms with Crippen LogP contribution < -0.4 is 0 Å². The third kappa shape index (κ3) is 3.47. The molecule has 6 heteroatoms. The molecule has 134 valence electrons. The Bertz CT molecular complexity index is 950. The fourth-order valence-corrected chi connectivity index (χ4v) is 4.32. The van der Waals surface area contributed by atoms with Crippen molar-refractivity contribution in [2.75, 3.05) is 20.2 Å². The normalized spacial score (nSPS) is 16.9. The molecule has 1 unspecified atom stereocenters. The van der Waals surface area contributed by atoms with Gasteiger partial charge in [-0.3, -0.25) is 4.79 Å². The van der Waals surface area contributed by atoms with E-state index >= 15 is 0 Å². The van der Waals surface area contributed by atoms with Crippen LogP contribution in [0.5, 0.6) is 0 Å². The number of rotatable bonds is 4. The zero-order valence-corrected chi connectivity index (χ0v) is 16.0. The number of carbonyl (C=O) groups is 1. The van der Waals surface area contributed by atoms with Crippen molar-refractivity contribution in [2.24, 2.45) is 0 Å². The highest BCUT2D eigenvalue weighted by Crippen LogP contribution is 2.32. The molecule has 0 N–H and O–H groups in total. The minimum absolute atomic E-state index is 0.0111. The van der Waals surface area contributed by atoms with Gasteiger partial charge in [0.15, 0.2) is 0 Å². The van der Waals surface area contributed by atoms with E-state index < -0.39 is 0 Å². The Morgan fingerprint density at radius 1 is 1.35 bits per heavy atom. The maximum Gasteiger partial charge on any atom is 0.254 e. The lowest BCUT2D eigenvalue weighted by Gasteiger charge is -2.21. The van der Waals surface area contributed by atoms with Gasteiger partial charge in [0.2, 0.25) is 0 Å². The average molecular weight is 387 g/mol. The fraction of sp³-hybridized carbons (Fsp3) is 0.300. The zero-order chi connectivity index (χ0) is 18.1. The maximum absolute atomic E-state index is 13.2. The smallest absolute Gasteiger partial charge is 0.254 e. The number of aromatic nitrogens is 1. The van der Waals surface area contributed by atoms with E-state index in [0.717, 1.165) is 40.9 Å². The molecule has 1 atom stereocenters. The van der Waals surface area contributed by atoms with Crippen molar-refractivity contribution in [2.45, 2.75) is 18.9 Å². The predicted octanol–water partition coefficient (Wildman–Crippen LogP) is 4.87. The van der Waals surface area contributed by atoms with Crippen LogP contribution in [0.15, 0.2) is 42.5 Å². The number of likely N-dealkylation sites (N-methyl/N-ethyl adjacent to an activating group) is 1. The molecular formula is C20H19ClN2O2S. The molecule has 1 saturated heterocycles. The average Bonchev–Trinajstić information content (AvgIpc) is 3.32. The summed E-state index contributed by atoms with van der Waals surface area (Å²) in [4.78, 5) is 20.6. The van der Waals surface area contributed by atoms with Gasteiger partial charge in [-0.05, 0) is 37.1 Å². The van der Waals surface area contributed by atoms with Gasteiger partial charge < -0.3 is 9.64 Å². The van der Waals surface area contributed by atoms with E-state index in [1.807, 2.05) is 49.5 Å². The Kier molecular flexibility index (Phi) is 4.94. The molecule has 1 aliphatic rings. The monoisotopic (exact) mass is 386 g/mol. The Labute approximate surface area is 161 Å². The van der Waals surface area contributed by atoms with Crippen molar-refractivity contribution in [3.63, 3.8) is 0 Å². The molecule has 4 rings (SSSR count). The number of nitrogens with zero attached hydrogens (tertiary/aromatic N) is 2. The van der Waals surface area contributed by atoms with E-state index in [4.69, 9.17) is 21.3 Å².